The van der Waals surface area contributed by atoms with Gasteiger partial charge in [0.05, 0.1) is 5.56 Å². The van der Waals surface area contributed by atoms with E-state index in [0.717, 1.165) is 23.9 Å². The van der Waals surface area contributed by atoms with Crippen molar-refractivity contribution in [2.24, 2.45) is 5.92 Å². The Balaban J connectivity index is 2.52. The predicted molar refractivity (Wildman–Crippen MR) is 68.3 cm³/mol. The molecule has 1 N–H and O–H groups in total. The van der Waals surface area contributed by atoms with Gasteiger partial charge in [0.25, 0.3) is 5.91 Å². The molecule has 88 valence electrons. The van der Waals surface area contributed by atoms with Crippen LogP contribution in [0.4, 0.5) is 0 Å². The van der Waals surface area contributed by atoms with Gasteiger partial charge in [0.1, 0.15) is 0 Å². The zero-order valence-corrected chi connectivity index (χ0v) is 11.3. The number of carbonyl (C=O) groups excluding carboxylic acids is 1. The van der Waals surface area contributed by atoms with Gasteiger partial charge in [-0.25, -0.2) is 0 Å². The monoisotopic (exact) mass is 284 g/mol. The summed E-state index contributed by atoms with van der Waals surface area (Å²) in [6.45, 7) is 5.01. The lowest BCUT2D eigenvalue weighted by atomic mass is 10.0. The summed E-state index contributed by atoms with van der Waals surface area (Å²) in [6.07, 6.45) is 5.42. The van der Waals surface area contributed by atoms with Gasteiger partial charge in [0.15, 0.2) is 0 Å². The third-order valence-electron chi connectivity index (χ3n) is 2.67. The Kier molecular flexibility index (Phi) is 5.46. The largest absolute Gasteiger partial charge is 0.352 e. The molecule has 16 heavy (non-hydrogen) atoms. The molecule has 1 heterocycles. The van der Waals surface area contributed by atoms with Gasteiger partial charge in [-0.1, -0.05) is 26.7 Å². The van der Waals surface area contributed by atoms with Gasteiger partial charge in [0.2, 0.25) is 0 Å². The third-order valence-corrected chi connectivity index (χ3v) is 3.11. The highest BCUT2D eigenvalue weighted by Gasteiger charge is 2.09. The summed E-state index contributed by atoms with van der Waals surface area (Å²) < 4.78 is 0.822. The summed E-state index contributed by atoms with van der Waals surface area (Å²) >= 11 is 3.30. The van der Waals surface area contributed by atoms with Crippen LogP contribution in [-0.2, 0) is 0 Å². The molecule has 0 fully saturated rings. The van der Waals surface area contributed by atoms with E-state index in [-0.39, 0.29) is 5.91 Å². The van der Waals surface area contributed by atoms with Crippen LogP contribution in [-0.4, -0.2) is 17.4 Å². The summed E-state index contributed by atoms with van der Waals surface area (Å²) in [4.78, 5) is 15.7. The summed E-state index contributed by atoms with van der Waals surface area (Å²) in [6, 6.07) is 1.77. The van der Waals surface area contributed by atoms with E-state index in [1.165, 1.54) is 0 Å². The SMILES string of the molecule is CCC(CC)CNC(=O)c1cncc(Br)c1. The number of nitrogens with one attached hydrogen (secondary N) is 1. The number of halogens is 1. The lowest BCUT2D eigenvalue weighted by Crippen LogP contribution is -2.28. The van der Waals surface area contributed by atoms with Gasteiger partial charge in [0, 0.05) is 23.4 Å². The van der Waals surface area contributed by atoms with E-state index < -0.39 is 0 Å². The molecule has 0 atom stereocenters. The minimum Gasteiger partial charge on any atom is -0.352 e. The fourth-order valence-electron chi connectivity index (χ4n) is 1.45. The summed E-state index contributed by atoms with van der Waals surface area (Å²) in [5.41, 5.74) is 0.598. The van der Waals surface area contributed by atoms with Gasteiger partial charge in [-0.3, -0.25) is 9.78 Å². The first-order valence-corrected chi connectivity index (χ1v) is 6.35. The first-order valence-electron chi connectivity index (χ1n) is 5.56. The van der Waals surface area contributed by atoms with Crippen LogP contribution in [0.25, 0.3) is 0 Å². The van der Waals surface area contributed by atoms with Crippen molar-refractivity contribution < 1.29 is 4.79 Å². The molecule has 0 aliphatic rings. The standard InChI is InChI=1S/C12H17BrN2O/c1-3-9(4-2)6-15-12(16)10-5-11(13)8-14-7-10/h5,7-9H,3-4,6H2,1-2H3,(H,15,16). The number of hydrogen-bond donors (Lipinski definition) is 1. The van der Waals surface area contributed by atoms with Crippen molar-refractivity contribution in [3.05, 3.63) is 28.5 Å². The number of amides is 1. The van der Waals surface area contributed by atoms with Crippen molar-refractivity contribution in [3.8, 4) is 0 Å². The molecule has 0 saturated heterocycles. The molecule has 1 aromatic heterocycles. The fourth-order valence-corrected chi connectivity index (χ4v) is 1.82. The minimum absolute atomic E-state index is 0.0549. The Morgan fingerprint density at radius 2 is 2.12 bits per heavy atom. The summed E-state index contributed by atoms with van der Waals surface area (Å²) in [5, 5.41) is 2.93. The van der Waals surface area contributed by atoms with Crippen molar-refractivity contribution in [3.63, 3.8) is 0 Å². The van der Waals surface area contributed by atoms with Crippen LogP contribution < -0.4 is 5.32 Å². The topological polar surface area (TPSA) is 42.0 Å². The molecule has 0 spiro atoms. The third kappa shape index (κ3) is 3.93. The zero-order valence-electron chi connectivity index (χ0n) is 9.66. The lowest BCUT2D eigenvalue weighted by molar-refractivity contribution is 0.0946. The maximum atomic E-state index is 11.8. The molecule has 1 amide bonds. The van der Waals surface area contributed by atoms with E-state index in [2.05, 4.69) is 40.1 Å². The highest BCUT2D eigenvalue weighted by atomic mass is 79.9. The molecule has 4 heteroatoms. The quantitative estimate of drug-likeness (QED) is 0.903. The van der Waals surface area contributed by atoms with Crippen molar-refractivity contribution in [1.29, 1.82) is 0 Å². The molecule has 0 unspecified atom stereocenters. The van der Waals surface area contributed by atoms with E-state index in [1.807, 2.05) is 0 Å². The van der Waals surface area contributed by atoms with Crippen LogP contribution in [0.5, 0.6) is 0 Å². The Hall–Kier alpha value is -0.900. The second kappa shape index (κ2) is 6.63. The minimum atomic E-state index is -0.0549. The molecule has 1 rings (SSSR count). The average molecular weight is 285 g/mol. The summed E-state index contributed by atoms with van der Waals surface area (Å²) in [5.74, 6) is 0.504. The normalized spacial score (nSPS) is 10.5. The van der Waals surface area contributed by atoms with Crippen LogP contribution in [0.2, 0.25) is 0 Å². The molecule has 0 saturated carbocycles. The molecule has 0 aliphatic carbocycles. The summed E-state index contributed by atoms with van der Waals surface area (Å²) in [7, 11) is 0. The molecule has 0 aromatic carbocycles. The van der Waals surface area contributed by atoms with E-state index in [1.54, 1.807) is 18.5 Å². The van der Waals surface area contributed by atoms with Crippen molar-refractivity contribution in [2.75, 3.05) is 6.54 Å². The Labute approximate surface area is 105 Å². The molecule has 0 radical (unpaired) electrons. The molecule has 1 aromatic rings. The molecule has 0 aliphatic heterocycles. The van der Waals surface area contributed by atoms with Gasteiger partial charge < -0.3 is 5.32 Å². The molecular formula is C12H17BrN2O. The smallest absolute Gasteiger partial charge is 0.252 e. The highest BCUT2D eigenvalue weighted by Crippen LogP contribution is 2.10. The Bertz CT molecular complexity index is 351. The van der Waals surface area contributed by atoms with Crippen LogP contribution in [0.15, 0.2) is 22.9 Å². The fraction of sp³-hybridized carbons (Fsp3) is 0.500. The molecule has 3 nitrogen and oxygen atoms in total. The van der Waals surface area contributed by atoms with Crippen molar-refractivity contribution >= 4 is 21.8 Å². The Morgan fingerprint density at radius 1 is 1.44 bits per heavy atom. The lowest BCUT2D eigenvalue weighted by Gasteiger charge is -2.13. The highest BCUT2D eigenvalue weighted by molar-refractivity contribution is 9.10. The van der Waals surface area contributed by atoms with Crippen LogP contribution >= 0.6 is 15.9 Å². The maximum absolute atomic E-state index is 11.8. The maximum Gasteiger partial charge on any atom is 0.252 e. The molecule has 0 bridgehead atoms. The first-order chi connectivity index (χ1) is 7.67. The van der Waals surface area contributed by atoms with E-state index in [9.17, 15) is 4.79 Å². The number of pyridine rings is 1. The zero-order chi connectivity index (χ0) is 12.0. The number of rotatable bonds is 5. The van der Waals surface area contributed by atoms with Gasteiger partial charge >= 0.3 is 0 Å². The average Bonchev–Trinajstić information content (AvgIpc) is 2.30. The molecular weight excluding hydrogens is 268 g/mol. The van der Waals surface area contributed by atoms with Crippen molar-refractivity contribution in [2.45, 2.75) is 26.7 Å². The predicted octanol–water partition coefficient (Wildman–Crippen LogP) is 3.01. The van der Waals surface area contributed by atoms with Gasteiger partial charge in [-0.2, -0.15) is 0 Å². The van der Waals surface area contributed by atoms with Crippen molar-refractivity contribution in [1.82, 2.24) is 10.3 Å². The second-order valence-electron chi connectivity index (χ2n) is 3.78. The van der Waals surface area contributed by atoms with E-state index >= 15 is 0 Å². The number of carbonyl (C=O) groups is 1. The van der Waals surface area contributed by atoms with Crippen LogP contribution in [0, 0.1) is 5.92 Å². The first kappa shape index (κ1) is 13.2. The van der Waals surface area contributed by atoms with E-state index in [4.69, 9.17) is 0 Å². The van der Waals surface area contributed by atoms with Gasteiger partial charge in [-0.15, -0.1) is 0 Å². The van der Waals surface area contributed by atoms with E-state index in [0.29, 0.717) is 11.5 Å². The van der Waals surface area contributed by atoms with Crippen LogP contribution in [0.1, 0.15) is 37.0 Å². The Morgan fingerprint density at radius 3 is 2.69 bits per heavy atom. The second-order valence-corrected chi connectivity index (χ2v) is 4.70. The number of aromatic nitrogens is 1. The van der Waals surface area contributed by atoms with Gasteiger partial charge in [-0.05, 0) is 27.9 Å². The number of hydrogen-bond acceptors (Lipinski definition) is 2. The number of nitrogens with zero attached hydrogens (tertiary/aromatic N) is 1. The van der Waals surface area contributed by atoms with Crippen LogP contribution in [0.3, 0.4) is 0 Å².